The summed E-state index contributed by atoms with van der Waals surface area (Å²) in [7, 11) is 1.58. The maximum absolute atomic E-state index is 12.4. The number of benzene rings is 2. The van der Waals surface area contributed by atoms with Gasteiger partial charge in [0.25, 0.3) is 5.91 Å². The van der Waals surface area contributed by atoms with Crippen LogP contribution >= 0.6 is 0 Å². The molecule has 0 saturated heterocycles. The molecule has 2 N–H and O–H groups in total. The lowest BCUT2D eigenvalue weighted by Crippen LogP contribution is -2.47. The predicted octanol–water partition coefficient (Wildman–Crippen LogP) is 2.95. The number of carbonyl (C=O) groups is 2. The molecule has 0 fully saturated rings. The Bertz CT molecular complexity index is 699. The third-order valence-corrected chi connectivity index (χ3v) is 4.11. The minimum absolute atomic E-state index is 0.148. The highest BCUT2D eigenvalue weighted by atomic mass is 16.5. The number of methoxy groups -OCH3 is 1. The van der Waals surface area contributed by atoms with Gasteiger partial charge in [0.1, 0.15) is 11.8 Å². The predicted molar refractivity (Wildman–Crippen MR) is 102 cm³/mol. The molecule has 0 radical (unpaired) electrons. The van der Waals surface area contributed by atoms with Crippen molar-refractivity contribution in [2.45, 2.75) is 32.2 Å². The van der Waals surface area contributed by atoms with Gasteiger partial charge >= 0.3 is 0 Å². The van der Waals surface area contributed by atoms with Crippen LogP contribution in [0.1, 0.15) is 35.7 Å². The van der Waals surface area contributed by atoms with Crippen LogP contribution in [0.4, 0.5) is 0 Å². The van der Waals surface area contributed by atoms with Crippen molar-refractivity contribution in [2.24, 2.45) is 0 Å². The number of carbonyl (C=O) groups excluding carboxylic acids is 2. The summed E-state index contributed by atoms with van der Waals surface area (Å²) in [5.74, 6) is 0.277. The lowest BCUT2D eigenvalue weighted by atomic mass is 10.1. The van der Waals surface area contributed by atoms with Crippen LogP contribution in [0, 0.1) is 0 Å². The van der Waals surface area contributed by atoms with Crippen LogP contribution in [0.3, 0.4) is 0 Å². The Kier molecular flexibility index (Phi) is 7.68. The second-order valence-electron chi connectivity index (χ2n) is 6.07. The summed E-state index contributed by atoms with van der Waals surface area (Å²) in [5.41, 5.74) is 1.67. The highest BCUT2D eigenvalue weighted by molar-refractivity contribution is 5.97. The largest absolute Gasteiger partial charge is 0.497 e. The fraction of sp³-hybridized carbons (Fsp3) is 0.333. The first-order chi connectivity index (χ1) is 12.6. The van der Waals surface area contributed by atoms with Gasteiger partial charge in [0.05, 0.1) is 7.11 Å². The molecule has 26 heavy (non-hydrogen) atoms. The smallest absolute Gasteiger partial charge is 0.251 e. The van der Waals surface area contributed by atoms with E-state index in [-0.39, 0.29) is 11.8 Å². The zero-order valence-electron chi connectivity index (χ0n) is 15.3. The molecule has 0 aromatic heterocycles. The van der Waals surface area contributed by atoms with Crippen LogP contribution in [0.25, 0.3) is 0 Å². The van der Waals surface area contributed by atoms with Crippen molar-refractivity contribution >= 4 is 11.8 Å². The molecule has 0 aliphatic carbocycles. The fourth-order valence-corrected chi connectivity index (χ4v) is 2.64. The third-order valence-electron chi connectivity index (χ3n) is 4.11. The van der Waals surface area contributed by atoms with Crippen LogP contribution in [0.5, 0.6) is 5.75 Å². The van der Waals surface area contributed by atoms with Gasteiger partial charge < -0.3 is 15.4 Å². The molecule has 1 unspecified atom stereocenters. The molecular weight excluding hydrogens is 328 g/mol. The normalized spacial score (nSPS) is 11.5. The molecule has 1 atom stereocenters. The molecule has 0 aliphatic heterocycles. The van der Waals surface area contributed by atoms with Crippen LogP contribution in [-0.4, -0.2) is 31.5 Å². The average Bonchev–Trinajstić information content (AvgIpc) is 2.68. The minimum atomic E-state index is -0.537. The Morgan fingerprint density at radius 3 is 2.35 bits per heavy atom. The summed E-state index contributed by atoms with van der Waals surface area (Å²) >= 11 is 0. The standard InChI is InChI=1S/C21H26N2O3/c1-3-7-19(21(25)22-15-14-16-8-5-4-6-9-16)23-20(24)17-10-12-18(26-2)13-11-17/h4-6,8-13,19H,3,7,14-15H2,1-2H3,(H,22,25)(H,23,24). The second kappa shape index (κ2) is 10.2. The summed E-state index contributed by atoms with van der Waals surface area (Å²) in [5, 5.41) is 5.75. The van der Waals surface area contributed by atoms with E-state index < -0.39 is 6.04 Å². The second-order valence-corrected chi connectivity index (χ2v) is 6.07. The van der Waals surface area contributed by atoms with Gasteiger partial charge in [-0.1, -0.05) is 43.7 Å². The quantitative estimate of drug-likeness (QED) is 0.727. The van der Waals surface area contributed by atoms with Crippen molar-refractivity contribution in [1.29, 1.82) is 0 Å². The molecule has 0 aliphatic rings. The van der Waals surface area contributed by atoms with Gasteiger partial charge in [-0.2, -0.15) is 0 Å². The maximum Gasteiger partial charge on any atom is 0.251 e. The summed E-state index contributed by atoms with van der Waals surface area (Å²) in [6.07, 6.45) is 2.16. The summed E-state index contributed by atoms with van der Waals surface area (Å²) in [6.45, 7) is 2.53. The highest BCUT2D eigenvalue weighted by Gasteiger charge is 2.20. The van der Waals surface area contributed by atoms with Gasteiger partial charge in [0.2, 0.25) is 5.91 Å². The van der Waals surface area contributed by atoms with Crippen molar-refractivity contribution in [3.05, 3.63) is 65.7 Å². The highest BCUT2D eigenvalue weighted by Crippen LogP contribution is 2.11. The van der Waals surface area contributed by atoms with Crippen molar-refractivity contribution in [3.8, 4) is 5.75 Å². The number of nitrogens with one attached hydrogen (secondary N) is 2. The molecule has 2 aromatic carbocycles. The first kappa shape index (κ1) is 19.5. The molecule has 0 heterocycles. The maximum atomic E-state index is 12.4. The molecular formula is C21H26N2O3. The Hall–Kier alpha value is -2.82. The number of hydrogen-bond acceptors (Lipinski definition) is 3. The molecule has 2 aromatic rings. The molecule has 5 nitrogen and oxygen atoms in total. The monoisotopic (exact) mass is 354 g/mol. The number of ether oxygens (including phenoxy) is 1. The van der Waals surface area contributed by atoms with E-state index in [0.29, 0.717) is 24.3 Å². The number of amides is 2. The molecule has 2 rings (SSSR count). The van der Waals surface area contributed by atoms with Crippen molar-refractivity contribution in [3.63, 3.8) is 0 Å². The molecule has 0 saturated carbocycles. The fourth-order valence-electron chi connectivity index (χ4n) is 2.64. The molecule has 0 spiro atoms. The SMILES string of the molecule is CCCC(NC(=O)c1ccc(OC)cc1)C(=O)NCCc1ccccc1. The van der Waals surface area contributed by atoms with Crippen LogP contribution < -0.4 is 15.4 Å². The van der Waals surface area contributed by atoms with Crippen LogP contribution in [-0.2, 0) is 11.2 Å². The van der Waals surface area contributed by atoms with Crippen LogP contribution in [0.15, 0.2) is 54.6 Å². The molecule has 2 amide bonds. The Balaban J connectivity index is 1.89. The molecule has 138 valence electrons. The first-order valence-electron chi connectivity index (χ1n) is 8.90. The van der Waals surface area contributed by atoms with Crippen molar-refractivity contribution in [2.75, 3.05) is 13.7 Å². The van der Waals surface area contributed by atoms with Gasteiger partial charge in [-0.25, -0.2) is 0 Å². The van der Waals surface area contributed by atoms with Crippen molar-refractivity contribution in [1.82, 2.24) is 10.6 Å². The van der Waals surface area contributed by atoms with E-state index in [4.69, 9.17) is 4.74 Å². The average molecular weight is 354 g/mol. The zero-order chi connectivity index (χ0) is 18.8. The minimum Gasteiger partial charge on any atom is -0.497 e. The topological polar surface area (TPSA) is 67.4 Å². The lowest BCUT2D eigenvalue weighted by Gasteiger charge is -2.18. The summed E-state index contributed by atoms with van der Waals surface area (Å²) in [4.78, 5) is 24.8. The van der Waals surface area contributed by atoms with E-state index in [0.717, 1.165) is 12.8 Å². The van der Waals surface area contributed by atoms with Crippen LogP contribution in [0.2, 0.25) is 0 Å². The zero-order valence-corrected chi connectivity index (χ0v) is 15.3. The summed E-state index contributed by atoms with van der Waals surface area (Å²) in [6, 6.07) is 16.3. The Morgan fingerprint density at radius 1 is 1.04 bits per heavy atom. The van der Waals surface area contributed by atoms with E-state index in [2.05, 4.69) is 10.6 Å². The number of hydrogen-bond donors (Lipinski definition) is 2. The first-order valence-corrected chi connectivity index (χ1v) is 8.90. The van der Waals surface area contributed by atoms with Gasteiger partial charge in [-0.3, -0.25) is 9.59 Å². The Labute approximate surface area is 154 Å². The van der Waals surface area contributed by atoms with E-state index in [1.165, 1.54) is 5.56 Å². The van der Waals surface area contributed by atoms with E-state index in [1.807, 2.05) is 37.3 Å². The molecule has 0 bridgehead atoms. The number of rotatable bonds is 9. The molecule has 5 heteroatoms. The summed E-state index contributed by atoms with van der Waals surface area (Å²) < 4.78 is 5.09. The van der Waals surface area contributed by atoms with E-state index >= 15 is 0 Å². The van der Waals surface area contributed by atoms with E-state index in [1.54, 1.807) is 31.4 Å². The van der Waals surface area contributed by atoms with Crippen molar-refractivity contribution < 1.29 is 14.3 Å². The van der Waals surface area contributed by atoms with E-state index in [9.17, 15) is 9.59 Å². The lowest BCUT2D eigenvalue weighted by molar-refractivity contribution is -0.123. The Morgan fingerprint density at radius 2 is 1.73 bits per heavy atom. The van der Waals surface area contributed by atoms with Gasteiger partial charge in [0.15, 0.2) is 0 Å². The van der Waals surface area contributed by atoms with Gasteiger partial charge in [-0.05, 0) is 42.7 Å². The third kappa shape index (κ3) is 5.92. The van der Waals surface area contributed by atoms with Gasteiger partial charge in [0, 0.05) is 12.1 Å². The van der Waals surface area contributed by atoms with Gasteiger partial charge in [-0.15, -0.1) is 0 Å².